The van der Waals surface area contributed by atoms with Gasteiger partial charge in [-0.3, -0.25) is 9.59 Å². The Balaban J connectivity index is 1.69. The third kappa shape index (κ3) is 5.88. The Morgan fingerprint density at radius 1 is 1.17 bits per heavy atom. The van der Waals surface area contributed by atoms with Crippen molar-refractivity contribution in [2.75, 3.05) is 43.1 Å². The molecule has 5 nitrogen and oxygen atoms in total. The van der Waals surface area contributed by atoms with Crippen molar-refractivity contribution in [1.29, 1.82) is 0 Å². The van der Waals surface area contributed by atoms with Crippen LogP contribution in [0.3, 0.4) is 0 Å². The van der Waals surface area contributed by atoms with E-state index in [0.29, 0.717) is 38.0 Å². The minimum Gasteiger partial charge on any atom is -0.378 e. The molecule has 1 heterocycles. The van der Waals surface area contributed by atoms with Gasteiger partial charge in [-0.15, -0.1) is 11.8 Å². The lowest BCUT2D eigenvalue weighted by Crippen LogP contribution is -2.41. The second-order valence-corrected chi connectivity index (χ2v) is 6.80. The second kappa shape index (κ2) is 8.93. The average molecular weight is 336 g/mol. The number of carbonyl (C=O) groups is 2. The van der Waals surface area contributed by atoms with E-state index in [1.165, 1.54) is 17.3 Å². The van der Waals surface area contributed by atoms with Crippen LogP contribution in [0.25, 0.3) is 0 Å². The molecule has 23 heavy (non-hydrogen) atoms. The first-order chi connectivity index (χ1) is 11.1. The number of rotatable bonds is 6. The van der Waals surface area contributed by atoms with E-state index in [-0.39, 0.29) is 17.6 Å². The highest BCUT2D eigenvalue weighted by atomic mass is 32.2. The summed E-state index contributed by atoms with van der Waals surface area (Å²) in [5.74, 6) is 1.08. The van der Waals surface area contributed by atoms with Gasteiger partial charge >= 0.3 is 0 Å². The first kappa shape index (κ1) is 17.8. The van der Waals surface area contributed by atoms with E-state index in [9.17, 15) is 9.59 Å². The third-order valence-corrected chi connectivity index (χ3v) is 4.60. The maximum absolute atomic E-state index is 12.0. The van der Waals surface area contributed by atoms with Gasteiger partial charge in [-0.25, -0.2) is 0 Å². The van der Waals surface area contributed by atoms with Crippen LogP contribution in [0.2, 0.25) is 0 Å². The smallest absolute Gasteiger partial charge is 0.234 e. The fraction of sp³-hybridized carbons (Fsp3) is 0.529. The molecule has 0 radical (unpaired) electrons. The molecule has 0 aromatic heterocycles. The topological polar surface area (TPSA) is 58.6 Å². The number of carbonyl (C=O) groups excluding carboxylic acids is 2. The molecule has 1 aliphatic heterocycles. The molecular weight excluding hydrogens is 312 g/mol. The van der Waals surface area contributed by atoms with Crippen molar-refractivity contribution in [1.82, 2.24) is 4.90 Å². The number of ether oxygens (including phenoxy) is 1. The molecule has 1 saturated heterocycles. The zero-order valence-corrected chi connectivity index (χ0v) is 14.5. The molecule has 1 aromatic rings. The van der Waals surface area contributed by atoms with Gasteiger partial charge in [0.25, 0.3) is 0 Å². The van der Waals surface area contributed by atoms with Gasteiger partial charge in [0.1, 0.15) is 0 Å². The SMILES string of the molecule is CC(C)c1ccc(NC(=O)CSCC(=O)N2CCOCC2)cc1. The molecule has 0 aliphatic carbocycles. The van der Waals surface area contributed by atoms with Crippen LogP contribution >= 0.6 is 11.8 Å². The number of hydrogen-bond donors (Lipinski definition) is 1. The van der Waals surface area contributed by atoms with E-state index in [4.69, 9.17) is 4.74 Å². The maximum atomic E-state index is 12.0. The Morgan fingerprint density at radius 2 is 1.83 bits per heavy atom. The summed E-state index contributed by atoms with van der Waals surface area (Å²) in [4.78, 5) is 25.7. The van der Waals surface area contributed by atoms with Crippen molar-refractivity contribution in [3.63, 3.8) is 0 Å². The summed E-state index contributed by atoms with van der Waals surface area (Å²) < 4.78 is 5.22. The van der Waals surface area contributed by atoms with Gasteiger partial charge in [-0.05, 0) is 23.6 Å². The Morgan fingerprint density at radius 3 is 2.43 bits per heavy atom. The van der Waals surface area contributed by atoms with Gasteiger partial charge in [-0.2, -0.15) is 0 Å². The van der Waals surface area contributed by atoms with Crippen LogP contribution in [0.5, 0.6) is 0 Å². The molecule has 0 unspecified atom stereocenters. The number of hydrogen-bond acceptors (Lipinski definition) is 4. The minimum absolute atomic E-state index is 0.0763. The Hall–Kier alpha value is -1.53. The maximum Gasteiger partial charge on any atom is 0.234 e. The second-order valence-electron chi connectivity index (χ2n) is 5.81. The molecule has 0 atom stereocenters. The number of nitrogens with zero attached hydrogens (tertiary/aromatic N) is 1. The van der Waals surface area contributed by atoms with Crippen molar-refractivity contribution in [2.24, 2.45) is 0 Å². The number of thioether (sulfide) groups is 1. The number of amides is 2. The fourth-order valence-corrected chi connectivity index (χ4v) is 3.00. The number of nitrogens with one attached hydrogen (secondary N) is 1. The Kier molecular flexibility index (Phi) is 6.92. The van der Waals surface area contributed by atoms with E-state index in [1.807, 2.05) is 24.3 Å². The van der Waals surface area contributed by atoms with Crippen LogP contribution in [0.1, 0.15) is 25.3 Å². The zero-order chi connectivity index (χ0) is 16.7. The quantitative estimate of drug-likeness (QED) is 0.866. The molecule has 1 aromatic carbocycles. The molecule has 1 fully saturated rings. The normalized spacial score (nSPS) is 14.8. The predicted molar refractivity (Wildman–Crippen MR) is 93.9 cm³/mol. The van der Waals surface area contributed by atoms with Gasteiger partial charge in [-0.1, -0.05) is 26.0 Å². The first-order valence-electron chi connectivity index (χ1n) is 7.89. The summed E-state index contributed by atoms with van der Waals surface area (Å²) >= 11 is 1.35. The van der Waals surface area contributed by atoms with Crippen LogP contribution in [-0.2, 0) is 14.3 Å². The Labute approximate surface area is 141 Å². The predicted octanol–water partition coefficient (Wildman–Crippen LogP) is 2.34. The van der Waals surface area contributed by atoms with Crippen molar-refractivity contribution in [3.8, 4) is 0 Å². The fourth-order valence-electron chi connectivity index (χ4n) is 2.28. The number of benzene rings is 1. The molecule has 2 rings (SSSR count). The highest BCUT2D eigenvalue weighted by Crippen LogP contribution is 2.17. The van der Waals surface area contributed by atoms with Crippen molar-refractivity contribution < 1.29 is 14.3 Å². The third-order valence-electron chi connectivity index (χ3n) is 3.68. The summed E-state index contributed by atoms with van der Waals surface area (Å²) in [5.41, 5.74) is 2.04. The molecular formula is C17H24N2O3S. The summed E-state index contributed by atoms with van der Waals surface area (Å²) in [7, 11) is 0. The zero-order valence-electron chi connectivity index (χ0n) is 13.7. The van der Waals surface area contributed by atoms with Crippen LogP contribution in [0, 0.1) is 0 Å². The summed E-state index contributed by atoms with van der Waals surface area (Å²) in [6.45, 7) is 6.76. The van der Waals surface area contributed by atoms with Gasteiger partial charge in [0.15, 0.2) is 0 Å². The molecule has 0 spiro atoms. The Bertz CT molecular complexity index is 525. The lowest BCUT2D eigenvalue weighted by molar-refractivity contribution is -0.132. The van der Waals surface area contributed by atoms with E-state index >= 15 is 0 Å². The van der Waals surface area contributed by atoms with Crippen molar-refractivity contribution >= 4 is 29.3 Å². The molecule has 1 N–H and O–H groups in total. The van der Waals surface area contributed by atoms with Gasteiger partial charge in [0, 0.05) is 18.8 Å². The standard InChI is InChI=1S/C17H24N2O3S/c1-13(2)14-3-5-15(6-4-14)18-16(20)11-23-12-17(21)19-7-9-22-10-8-19/h3-6,13H,7-12H2,1-2H3,(H,18,20). The largest absolute Gasteiger partial charge is 0.378 e. The lowest BCUT2D eigenvalue weighted by Gasteiger charge is -2.26. The molecule has 0 bridgehead atoms. The molecule has 6 heteroatoms. The number of morpholine rings is 1. The van der Waals surface area contributed by atoms with Gasteiger partial charge in [0.2, 0.25) is 11.8 Å². The van der Waals surface area contributed by atoms with Crippen LogP contribution in [-0.4, -0.2) is 54.5 Å². The van der Waals surface area contributed by atoms with Gasteiger partial charge < -0.3 is 15.0 Å². The van der Waals surface area contributed by atoms with Crippen LogP contribution < -0.4 is 5.32 Å². The van der Waals surface area contributed by atoms with Crippen LogP contribution in [0.4, 0.5) is 5.69 Å². The average Bonchev–Trinajstić information content (AvgIpc) is 2.56. The highest BCUT2D eigenvalue weighted by Gasteiger charge is 2.16. The highest BCUT2D eigenvalue weighted by molar-refractivity contribution is 8.00. The molecule has 0 saturated carbocycles. The molecule has 126 valence electrons. The monoisotopic (exact) mass is 336 g/mol. The molecule has 2 amide bonds. The lowest BCUT2D eigenvalue weighted by atomic mass is 10.0. The van der Waals surface area contributed by atoms with E-state index in [2.05, 4.69) is 19.2 Å². The van der Waals surface area contributed by atoms with Crippen molar-refractivity contribution in [2.45, 2.75) is 19.8 Å². The minimum atomic E-state index is -0.0814. The first-order valence-corrected chi connectivity index (χ1v) is 9.05. The summed E-state index contributed by atoms with van der Waals surface area (Å²) in [6.07, 6.45) is 0. The number of anilines is 1. The van der Waals surface area contributed by atoms with E-state index in [0.717, 1.165) is 5.69 Å². The van der Waals surface area contributed by atoms with Crippen molar-refractivity contribution in [3.05, 3.63) is 29.8 Å². The van der Waals surface area contributed by atoms with Crippen LogP contribution in [0.15, 0.2) is 24.3 Å². The van der Waals surface area contributed by atoms with Gasteiger partial charge in [0.05, 0.1) is 24.7 Å². The van der Waals surface area contributed by atoms with E-state index < -0.39 is 0 Å². The van der Waals surface area contributed by atoms with E-state index in [1.54, 1.807) is 4.90 Å². The summed E-state index contributed by atoms with van der Waals surface area (Å²) in [5, 5.41) is 2.86. The molecule has 1 aliphatic rings. The summed E-state index contributed by atoms with van der Waals surface area (Å²) in [6, 6.07) is 7.87.